The van der Waals surface area contributed by atoms with Gasteiger partial charge >= 0.3 is 0 Å². The fraction of sp³-hybridized carbons (Fsp3) is 0.476. The summed E-state index contributed by atoms with van der Waals surface area (Å²) in [4.78, 5) is 28.0. The van der Waals surface area contributed by atoms with Gasteiger partial charge in [-0.3, -0.25) is 9.59 Å². The largest absolute Gasteiger partial charge is 0.516 e. The lowest BCUT2D eigenvalue weighted by molar-refractivity contribution is -0.105. The maximum absolute atomic E-state index is 11.1. The van der Waals surface area contributed by atoms with Gasteiger partial charge in [0, 0.05) is 5.69 Å². The van der Waals surface area contributed by atoms with Gasteiger partial charge in [0.2, 0.25) is 17.9 Å². The molecule has 0 bridgehead atoms. The number of amides is 2. The molecule has 8 heteroatoms. The number of allylic oxidation sites excluding steroid dienone is 1. The predicted molar refractivity (Wildman–Crippen MR) is 113 cm³/mol. The standard InChI is InChI=1S/C10H9N3O3.C6H10O.C5H11N/c1-5-2-3-6-7(12-4-14)8(9(11)15)16-10(6)13-5;7-5-6-3-1-2-4-6;1-6-4-2-3-5-6/h2-4H,1H3,(H2,11,15)(H,12,14);5,7H,1-4H2;2-5H2,1H3. The molecule has 0 aromatic carbocycles. The quantitative estimate of drug-likeness (QED) is 0.533. The molecule has 0 spiro atoms. The second-order valence-corrected chi connectivity index (χ2v) is 7.24. The molecule has 1 aliphatic carbocycles. The average Bonchev–Trinajstić information content (AvgIpc) is 3.44. The molecule has 158 valence electrons. The number of aromatic nitrogens is 1. The number of nitrogens with two attached hydrogens (primary N) is 1. The summed E-state index contributed by atoms with van der Waals surface area (Å²) in [5.74, 6) is -0.847. The molecule has 0 atom stereocenters. The van der Waals surface area contributed by atoms with Gasteiger partial charge in [-0.2, -0.15) is 0 Å². The molecule has 4 N–H and O–H groups in total. The number of hydrogen-bond donors (Lipinski definition) is 3. The highest BCUT2D eigenvalue weighted by molar-refractivity contribution is 6.07. The van der Waals surface area contributed by atoms with Crippen molar-refractivity contribution in [2.24, 2.45) is 5.73 Å². The molecule has 2 aliphatic rings. The van der Waals surface area contributed by atoms with Crippen LogP contribution in [-0.4, -0.2) is 47.4 Å². The van der Waals surface area contributed by atoms with E-state index in [1.807, 2.05) is 0 Å². The first kappa shape index (κ1) is 22.4. The first-order valence-electron chi connectivity index (χ1n) is 9.87. The van der Waals surface area contributed by atoms with Crippen molar-refractivity contribution in [2.45, 2.75) is 45.4 Å². The van der Waals surface area contributed by atoms with E-state index in [4.69, 9.17) is 15.3 Å². The van der Waals surface area contributed by atoms with Crippen molar-refractivity contribution in [3.05, 3.63) is 35.4 Å². The highest BCUT2D eigenvalue weighted by Gasteiger charge is 2.18. The molecule has 8 nitrogen and oxygen atoms in total. The van der Waals surface area contributed by atoms with Crippen molar-refractivity contribution < 1.29 is 19.1 Å². The number of rotatable bonds is 3. The lowest BCUT2D eigenvalue weighted by Crippen LogP contribution is -2.12. The van der Waals surface area contributed by atoms with Gasteiger partial charge in [0.15, 0.2) is 0 Å². The van der Waals surface area contributed by atoms with Crippen LogP contribution in [0.15, 0.2) is 28.4 Å². The summed E-state index contributed by atoms with van der Waals surface area (Å²) in [7, 11) is 2.17. The molecule has 2 aromatic heterocycles. The zero-order valence-electron chi connectivity index (χ0n) is 17.1. The van der Waals surface area contributed by atoms with Crippen molar-refractivity contribution in [3.8, 4) is 0 Å². The summed E-state index contributed by atoms with van der Waals surface area (Å²) in [5.41, 5.74) is 7.63. The second kappa shape index (κ2) is 11.2. The normalized spacial score (nSPS) is 15.9. The summed E-state index contributed by atoms with van der Waals surface area (Å²) in [6.07, 6.45) is 9.32. The summed E-state index contributed by atoms with van der Waals surface area (Å²) in [6, 6.07) is 3.46. The van der Waals surface area contributed by atoms with Gasteiger partial charge in [-0.05, 0) is 83.3 Å². The molecule has 2 amide bonds. The Morgan fingerprint density at radius 2 is 1.90 bits per heavy atom. The van der Waals surface area contributed by atoms with Crippen LogP contribution in [0.25, 0.3) is 11.1 Å². The Bertz CT molecular complexity index is 846. The van der Waals surface area contributed by atoms with Crippen LogP contribution in [0.2, 0.25) is 0 Å². The Morgan fingerprint density at radius 1 is 1.24 bits per heavy atom. The van der Waals surface area contributed by atoms with Crippen molar-refractivity contribution >= 4 is 29.1 Å². The summed E-state index contributed by atoms with van der Waals surface area (Å²) in [6.45, 7) is 4.43. The minimum atomic E-state index is -0.750. The maximum Gasteiger partial charge on any atom is 0.286 e. The number of anilines is 1. The Balaban J connectivity index is 0.000000189. The highest BCUT2D eigenvalue weighted by atomic mass is 16.4. The van der Waals surface area contributed by atoms with Crippen molar-refractivity contribution in [1.82, 2.24) is 9.88 Å². The van der Waals surface area contributed by atoms with Gasteiger partial charge in [0.1, 0.15) is 5.69 Å². The number of nitrogens with zero attached hydrogens (tertiary/aromatic N) is 2. The molecule has 2 fully saturated rings. The van der Waals surface area contributed by atoms with Crippen molar-refractivity contribution in [2.75, 3.05) is 25.5 Å². The van der Waals surface area contributed by atoms with Crippen LogP contribution in [0.1, 0.15) is 54.8 Å². The van der Waals surface area contributed by atoms with Crippen LogP contribution in [-0.2, 0) is 4.79 Å². The minimum Gasteiger partial charge on any atom is -0.516 e. The van der Waals surface area contributed by atoms with E-state index < -0.39 is 5.91 Å². The molecule has 29 heavy (non-hydrogen) atoms. The average molecular weight is 402 g/mol. The van der Waals surface area contributed by atoms with Gasteiger partial charge in [0.05, 0.1) is 11.6 Å². The third-order valence-corrected chi connectivity index (χ3v) is 4.88. The van der Waals surface area contributed by atoms with E-state index in [-0.39, 0.29) is 17.2 Å². The van der Waals surface area contributed by atoms with Crippen LogP contribution in [0.5, 0.6) is 0 Å². The van der Waals surface area contributed by atoms with E-state index in [1.165, 1.54) is 50.6 Å². The lowest BCUT2D eigenvalue weighted by Gasteiger charge is -2.01. The number of likely N-dealkylation sites (tertiary alicyclic amines) is 1. The number of pyridine rings is 1. The first-order valence-corrected chi connectivity index (χ1v) is 9.87. The molecule has 0 unspecified atom stereocenters. The first-order chi connectivity index (χ1) is 14.0. The summed E-state index contributed by atoms with van der Waals surface area (Å²) >= 11 is 0. The van der Waals surface area contributed by atoms with E-state index in [1.54, 1.807) is 19.1 Å². The monoisotopic (exact) mass is 402 g/mol. The molecule has 1 saturated carbocycles. The number of carbonyl (C=O) groups is 2. The second-order valence-electron chi connectivity index (χ2n) is 7.24. The van der Waals surface area contributed by atoms with Gasteiger partial charge in [-0.1, -0.05) is 0 Å². The Kier molecular flexibility index (Phi) is 8.67. The van der Waals surface area contributed by atoms with Gasteiger partial charge < -0.3 is 25.5 Å². The third kappa shape index (κ3) is 6.60. The molecule has 1 aliphatic heterocycles. The Labute approximate surface area is 170 Å². The maximum atomic E-state index is 11.1. The smallest absolute Gasteiger partial charge is 0.286 e. The van der Waals surface area contributed by atoms with Gasteiger partial charge in [-0.15, -0.1) is 0 Å². The number of fused-ring (bicyclic) bond motifs is 1. The van der Waals surface area contributed by atoms with Crippen LogP contribution in [0.3, 0.4) is 0 Å². The zero-order chi connectivity index (χ0) is 21.2. The summed E-state index contributed by atoms with van der Waals surface area (Å²) < 4.78 is 5.19. The number of furan rings is 1. The Morgan fingerprint density at radius 3 is 2.34 bits per heavy atom. The van der Waals surface area contributed by atoms with Crippen LogP contribution in [0.4, 0.5) is 5.69 Å². The fourth-order valence-electron chi connectivity index (χ4n) is 3.28. The number of aliphatic hydroxyl groups is 1. The molecule has 1 saturated heterocycles. The third-order valence-electron chi connectivity index (χ3n) is 4.88. The Hall–Kier alpha value is -2.87. The summed E-state index contributed by atoms with van der Waals surface area (Å²) in [5, 5.41) is 11.3. The molecular formula is C21H30N4O4. The molecule has 2 aromatic rings. The fourth-order valence-corrected chi connectivity index (χ4v) is 3.28. The molecule has 3 heterocycles. The van der Waals surface area contributed by atoms with Gasteiger partial charge in [-0.25, -0.2) is 4.98 Å². The van der Waals surface area contributed by atoms with E-state index in [0.717, 1.165) is 18.5 Å². The van der Waals surface area contributed by atoms with Crippen LogP contribution >= 0.6 is 0 Å². The predicted octanol–water partition coefficient (Wildman–Crippen LogP) is 3.52. The van der Waals surface area contributed by atoms with E-state index in [9.17, 15) is 9.59 Å². The number of hydrogen-bond acceptors (Lipinski definition) is 6. The number of aryl methyl sites for hydroxylation is 1. The SMILES string of the molecule is CN1CCCC1.Cc1ccc2c(NC=O)c(C(N)=O)oc2n1.OC=C1CCCC1. The highest BCUT2D eigenvalue weighted by Crippen LogP contribution is 2.29. The van der Waals surface area contributed by atoms with Crippen molar-refractivity contribution in [1.29, 1.82) is 0 Å². The molecule has 4 rings (SSSR count). The lowest BCUT2D eigenvalue weighted by atomic mass is 10.2. The topological polar surface area (TPSA) is 122 Å². The number of aliphatic hydroxyl groups excluding tert-OH is 1. The van der Waals surface area contributed by atoms with E-state index in [2.05, 4.69) is 22.2 Å². The number of carbonyl (C=O) groups excluding carboxylic acids is 2. The van der Waals surface area contributed by atoms with E-state index in [0.29, 0.717) is 11.8 Å². The zero-order valence-corrected chi connectivity index (χ0v) is 17.1. The number of nitrogens with one attached hydrogen (secondary N) is 1. The van der Waals surface area contributed by atoms with Crippen LogP contribution in [0, 0.1) is 6.92 Å². The molecule has 0 radical (unpaired) electrons. The van der Waals surface area contributed by atoms with Crippen molar-refractivity contribution in [3.63, 3.8) is 0 Å². The minimum absolute atomic E-state index is 0.0970. The van der Waals surface area contributed by atoms with Gasteiger partial charge in [0.25, 0.3) is 5.91 Å². The van der Waals surface area contributed by atoms with Crippen LogP contribution < -0.4 is 11.1 Å². The van der Waals surface area contributed by atoms with E-state index >= 15 is 0 Å². The number of primary amides is 1. The molecular weight excluding hydrogens is 372 g/mol.